The van der Waals surface area contributed by atoms with Crippen LogP contribution < -0.4 is 10.2 Å². The number of nitrogens with one attached hydrogen (secondary N) is 1. The highest BCUT2D eigenvalue weighted by Gasteiger charge is 2.16. The minimum Gasteiger partial charge on any atom is -0.368 e. The van der Waals surface area contributed by atoms with E-state index >= 15 is 0 Å². The van der Waals surface area contributed by atoms with Crippen LogP contribution in [0.25, 0.3) is 0 Å². The molecule has 0 atom stereocenters. The fraction of sp³-hybridized carbons (Fsp3) is 0.625. The second kappa shape index (κ2) is 7.43. The largest absolute Gasteiger partial charge is 0.368 e. The average molecular weight is 340 g/mol. The molecule has 0 saturated carbocycles. The summed E-state index contributed by atoms with van der Waals surface area (Å²) in [6.07, 6.45) is 0. The number of hydrogen-bond acceptors (Lipinski definition) is 3. The molecule has 1 fully saturated rings. The van der Waals surface area contributed by atoms with Gasteiger partial charge in [-0.1, -0.05) is 19.9 Å². The van der Waals surface area contributed by atoms with Crippen molar-refractivity contribution in [2.75, 3.05) is 44.7 Å². The summed E-state index contributed by atoms with van der Waals surface area (Å²) in [5.41, 5.74) is 2.67. The lowest BCUT2D eigenvalue weighted by Gasteiger charge is -2.34. The van der Waals surface area contributed by atoms with Crippen LogP contribution in [0.15, 0.2) is 22.7 Å². The predicted molar refractivity (Wildman–Crippen MR) is 90.4 cm³/mol. The molecule has 0 spiro atoms. The molecule has 4 heteroatoms. The molecule has 1 aliphatic heterocycles. The summed E-state index contributed by atoms with van der Waals surface area (Å²) >= 11 is 3.74. The SMILES string of the molecule is CC(C)CNCc1ccc(N2CCN(C)CC2)c(Br)c1. The van der Waals surface area contributed by atoms with Gasteiger partial charge in [0, 0.05) is 37.2 Å². The van der Waals surface area contributed by atoms with Gasteiger partial charge in [0.05, 0.1) is 5.69 Å². The molecule has 20 heavy (non-hydrogen) atoms. The molecule has 1 heterocycles. The number of hydrogen-bond donors (Lipinski definition) is 1. The van der Waals surface area contributed by atoms with E-state index in [9.17, 15) is 0 Å². The Balaban J connectivity index is 1.95. The molecular formula is C16H26BrN3. The van der Waals surface area contributed by atoms with Crippen molar-refractivity contribution in [1.82, 2.24) is 10.2 Å². The van der Waals surface area contributed by atoms with Gasteiger partial charge in [-0.25, -0.2) is 0 Å². The molecule has 112 valence electrons. The van der Waals surface area contributed by atoms with Crippen LogP contribution >= 0.6 is 15.9 Å². The first-order valence-corrected chi connectivity index (χ1v) is 8.28. The van der Waals surface area contributed by atoms with E-state index in [0.29, 0.717) is 5.92 Å². The lowest BCUT2D eigenvalue weighted by molar-refractivity contribution is 0.312. The van der Waals surface area contributed by atoms with Crippen LogP contribution in [0.4, 0.5) is 5.69 Å². The highest BCUT2D eigenvalue weighted by Crippen LogP contribution is 2.28. The van der Waals surface area contributed by atoms with Crippen molar-refractivity contribution >= 4 is 21.6 Å². The van der Waals surface area contributed by atoms with Gasteiger partial charge in [-0.3, -0.25) is 0 Å². The Labute approximate surface area is 131 Å². The number of anilines is 1. The van der Waals surface area contributed by atoms with E-state index in [1.807, 2.05) is 0 Å². The monoisotopic (exact) mass is 339 g/mol. The molecule has 1 aromatic carbocycles. The molecule has 0 aromatic heterocycles. The van der Waals surface area contributed by atoms with E-state index in [2.05, 4.69) is 70.1 Å². The molecule has 0 unspecified atom stereocenters. The summed E-state index contributed by atoms with van der Waals surface area (Å²) in [6.45, 7) is 11.0. The first kappa shape index (κ1) is 15.8. The maximum absolute atomic E-state index is 3.74. The molecule has 0 radical (unpaired) electrons. The third kappa shape index (κ3) is 4.47. The van der Waals surface area contributed by atoms with E-state index in [0.717, 1.165) is 39.3 Å². The zero-order chi connectivity index (χ0) is 14.5. The standard InChI is InChI=1S/C16H26BrN3/c1-13(2)11-18-12-14-4-5-16(15(17)10-14)20-8-6-19(3)7-9-20/h4-5,10,13,18H,6-9,11-12H2,1-3H3. The zero-order valence-electron chi connectivity index (χ0n) is 12.8. The smallest absolute Gasteiger partial charge is 0.0511 e. The van der Waals surface area contributed by atoms with Crippen molar-refractivity contribution in [2.45, 2.75) is 20.4 Å². The van der Waals surface area contributed by atoms with Crippen LogP contribution in [0.1, 0.15) is 19.4 Å². The van der Waals surface area contributed by atoms with E-state index in [1.54, 1.807) is 0 Å². The fourth-order valence-electron chi connectivity index (χ4n) is 2.47. The second-order valence-electron chi connectivity index (χ2n) is 6.10. The molecule has 0 aliphatic carbocycles. The number of benzene rings is 1. The van der Waals surface area contributed by atoms with E-state index in [4.69, 9.17) is 0 Å². The Morgan fingerprint density at radius 3 is 2.50 bits per heavy atom. The summed E-state index contributed by atoms with van der Waals surface area (Å²) in [5.74, 6) is 0.697. The summed E-state index contributed by atoms with van der Waals surface area (Å²) < 4.78 is 1.21. The molecule has 1 saturated heterocycles. The molecule has 3 nitrogen and oxygen atoms in total. The van der Waals surface area contributed by atoms with Crippen LogP contribution in [0, 0.1) is 5.92 Å². The zero-order valence-corrected chi connectivity index (χ0v) is 14.4. The molecule has 1 aromatic rings. The van der Waals surface area contributed by atoms with Gasteiger partial charge in [0.1, 0.15) is 0 Å². The Morgan fingerprint density at radius 2 is 1.90 bits per heavy atom. The predicted octanol–water partition coefficient (Wildman–Crippen LogP) is 2.95. The molecule has 2 rings (SSSR count). The number of likely N-dealkylation sites (N-methyl/N-ethyl adjacent to an activating group) is 1. The minimum absolute atomic E-state index is 0.697. The fourth-order valence-corrected chi connectivity index (χ4v) is 3.15. The number of halogens is 1. The first-order valence-electron chi connectivity index (χ1n) is 7.49. The van der Waals surface area contributed by atoms with Crippen LogP contribution in [0.2, 0.25) is 0 Å². The molecular weight excluding hydrogens is 314 g/mol. The third-order valence-electron chi connectivity index (χ3n) is 3.74. The Kier molecular flexibility index (Phi) is 5.87. The summed E-state index contributed by atoms with van der Waals surface area (Å²) in [7, 11) is 2.19. The average Bonchev–Trinajstić information content (AvgIpc) is 2.40. The van der Waals surface area contributed by atoms with E-state index < -0.39 is 0 Å². The van der Waals surface area contributed by atoms with Crippen molar-refractivity contribution < 1.29 is 0 Å². The van der Waals surface area contributed by atoms with Gasteiger partial charge >= 0.3 is 0 Å². The van der Waals surface area contributed by atoms with Crippen LogP contribution in [-0.4, -0.2) is 44.7 Å². The van der Waals surface area contributed by atoms with Crippen molar-refractivity contribution in [3.05, 3.63) is 28.2 Å². The van der Waals surface area contributed by atoms with Crippen LogP contribution in [0.5, 0.6) is 0 Å². The Morgan fingerprint density at radius 1 is 1.20 bits per heavy atom. The highest BCUT2D eigenvalue weighted by molar-refractivity contribution is 9.10. The van der Waals surface area contributed by atoms with Gasteiger partial charge in [0.15, 0.2) is 0 Å². The lowest BCUT2D eigenvalue weighted by Crippen LogP contribution is -2.44. The molecule has 0 amide bonds. The lowest BCUT2D eigenvalue weighted by atomic mass is 10.1. The first-order chi connectivity index (χ1) is 9.56. The number of rotatable bonds is 5. The third-order valence-corrected chi connectivity index (χ3v) is 4.37. The summed E-state index contributed by atoms with van der Waals surface area (Å²) in [6, 6.07) is 6.74. The van der Waals surface area contributed by atoms with Crippen molar-refractivity contribution in [3.8, 4) is 0 Å². The van der Waals surface area contributed by atoms with Crippen LogP contribution in [0.3, 0.4) is 0 Å². The van der Waals surface area contributed by atoms with Gasteiger partial charge < -0.3 is 15.1 Å². The summed E-state index contributed by atoms with van der Waals surface area (Å²) in [4.78, 5) is 4.85. The van der Waals surface area contributed by atoms with Gasteiger partial charge in [0.25, 0.3) is 0 Å². The normalized spacial score (nSPS) is 16.9. The van der Waals surface area contributed by atoms with Gasteiger partial charge in [-0.2, -0.15) is 0 Å². The Bertz CT molecular complexity index is 426. The quantitative estimate of drug-likeness (QED) is 0.889. The minimum atomic E-state index is 0.697. The van der Waals surface area contributed by atoms with Crippen molar-refractivity contribution in [2.24, 2.45) is 5.92 Å². The van der Waals surface area contributed by atoms with Gasteiger partial charge in [-0.05, 0) is 53.1 Å². The van der Waals surface area contributed by atoms with Gasteiger partial charge in [0.2, 0.25) is 0 Å². The number of nitrogens with zero attached hydrogens (tertiary/aromatic N) is 2. The second-order valence-corrected chi connectivity index (χ2v) is 6.96. The van der Waals surface area contributed by atoms with Crippen molar-refractivity contribution in [3.63, 3.8) is 0 Å². The molecule has 1 aliphatic rings. The Hall–Kier alpha value is -0.580. The van der Waals surface area contributed by atoms with Crippen molar-refractivity contribution in [1.29, 1.82) is 0 Å². The highest BCUT2D eigenvalue weighted by atomic mass is 79.9. The summed E-state index contributed by atoms with van der Waals surface area (Å²) in [5, 5.41) is 3.49. The van der Waals surface area contributed by atoms with Gasteiger partial charge in [-0.15, -0.1) is 0 Å². The topological polar surface area (TPSA) is 18.5 Å². The maximum Gasteiger partial charge on any atom is 0.0511 e. The van der Waals surface area contributed by atoms with Crippen LogP contribution in [-0.2, 0) is 6.54 Å². The number of piperazine rings is 1. The van der Waals surface area contributed by atoms with E-state index in [1.165, 1.54) is 15.7 Å². The maximum atomic E-state index is 3.74. The van der Waals surface area contributed by atoms with E-state index in [-0.39, 0.29) is 0 Å². The molecule has 0 bridgehead atoms. The molecule has 1 N–H and O–H groups in total.